The Hall–Kier alpha value is -0.520. The topological polar surface area (TPSA) is 18.5 Å². The normalized spacial score (nSPS) is 31.0. The van der Waals surface area contributed by atoms with Gasteiger partial charge in [-0.05, 0) is 38.5 Å². The molecule has 0 amide bonds. The molecule has 2 aliphatic carbocycles. The highest BCUT2D eigenvalue weighted by Gasteiger charge is 2.25. The van der Waals surface area contributed by atoms with Crippen molar-refractivity contribution >= 4 is 0 Å². The molecule has 17 heavy (non-hydrogen) atoms. The Morgan fingerprint density at radius 1 is 0.824 bits per heavy atom. The summed E-state index contributed by atoms with van der Waals surface area (Å²) in [6.07, 6.45) is 17.7. The highest BCUT2D eigenvalue weighted by atomic mass is 16.5. The summed E-state index contributed by atoms with van der Waals surface area (Å²) < 4.78 is 11.8. The molecule has 0 saturated heterocycles. The maximum atomic E-state index is 6.19. The van der Waals surface area contributed by atoms with E-state index < -0.39 is 0 Å². The Labute approximate surface area is 105 Å². The molecule has 0 bridgehead atoms. The summed E-state index contributed by atoms with van der Waals surface area (Å²) >= 11 is 0. The van der Waals surface area contributed by atoms with E-state index in [1.807, 2.05) is 0 Å². The van der Waals surface area contributed by atoms with Crippen molar-refractivity contribution in [3.63, 3.8) is 0 Å². The molecule has 0 heterocycles. The van der Waals surface area contributed by atoms with Crippen molar-refractivity contribution in [2.24, 2.45) is 0 Å². The minimum atomic E-state index is 0.372. The van der Waals surface area contributed by atoms with Crippen LogP contribution in [0.2, 0.25) is 0 Å². The fraction of sp³-hybridized carbons (Fsp3) is 0.867. The van der Waals surface area contributed by atoms with E-state index in [0.29, 0.717) is 24.9 Å². The van der Waals surface area contributed by atoms with Crippen molar-refractivity contribution in [1.29, 1.82) is 0 Å². The summed E-state index contributed by atoms with van der Waals surface area (Å²) in [4.78, 5) is 0. The van der Waals surface area contributed by atoms with E-state index in [2.05, 4.69) is 5.92 Å². The zero-order valence-corrected chi connectivity index (χ0v) is 10.7. The SMILES string of the molecule is C#CCOC1CCC(OC2CCCCC2)CC1. The average molecular weight is 236 g/mol. The van der Waals surface area contributed by atoms with E-state index in [-0.39, 0.29) is 0 Å². The smallest absolute Gasteiger partial charge is 0.107 e. The summed E-state index contributed by atoms with van der Waals surface area (Å²) in [5.41, 5.74) is 0. The summed E-state index contributed by atoms with van der Waals surface area (Å²) in [6, 6.07) is 0. The molecular formula is C15H24O2. The molecular weight excluding hydrogens is 212 g/mol. The number of rotatable bonds is 4. The standard InChI is InChI=1S/C15H24O2/c1-2-12-16-13-8-10-15(11-9-13)17-14-6-4-3-5-7-14/h1,13-15H,3-12H2. The van der Waals surface area contributed by atoms with Crippen LogP contribution in [0.3, 0.4) is 0 Å². The summed E-state index contributed by atoms with van der Waals surface area (Å²) in [6.45, 7) is 0.457. The van der Waals surface area contributed by atoms with Crippen LogP contribution in [0.4, 0.5) is 0 Å². The first-order valence-electron chi connectivity index (χ1n) is 7.09. The predicted molar refractivity (Wildman–Crippen MR) is 68.8 cm³/mol. The molecule has 0 N–H and O–H groups in total. The van der Waals surface area contributed by atoms with Crippen LogP contribution in [0.1, 0.15) is 57.8 Å². The molecule has 2 nitrogen and oxygen atoms in total. The van der Waals surface area contributed by atoms with Crippen molar-refractivity contribution in [3.8, 4) is 12.3 Å². The van der Waals surface area contributed by atoms with Crippen LogP contribution >= 0.6 is 0 Å². The first-order valence-corrected chi connectivity index (χ1v) is 7.09. The van der Waals surface area contributed by atoms with E-state index >= 15 is 0 Å². The van der Waals surface area contributed by atoms with Crippen LogP contribution in [0.15, 0.2) is 0 Å². The monoisotopic (exact) mass is 236 g/mol. The quantitative estimate of drug-likeness (QED) is 0.697. The van der Waals surface area contributed by atoms with Gasteiger partial charge in [-0.2, -0.15) is 0 Å². The first kappa shape index (κ1) is 12.9. The fourth-order valence-corrected chi connectivity index (χ4v) is 2.97. The molecule has 0 aromatic carbocycles. The largest absolute Gasteiger partial charge is 0.375 e. The zero-order valence-electron chi connectivity index (χ0n) is 10.7. The molecule has 0 unspecified atom stereocenters. The van der Waals surface area contributed by atoms with E-state index in [0.717, 1.165) is 25.7 Å². The second kappa shape index (κ2) is 7.03. The van der Waals surface area contributed by atoms with Gasteiger partial charge in [0.15, 0.2) is 0 Å². The van der Waals surface area contributed by atoms with Crippen molar-refractivity contribution in [2.75, 3.05) is 6.61 Å². The van der Waals surface area contributed by atoms with Crippen LogP contribution in [-0.2, 0) is 9.47 Å². The second-order valence-electron chi connectivity index (χ2n) is 5.31. The molecule has 2 rings (SSSR count). The lowest BCUT2D eigenvalue weighted by Gasteiger charge is -2.32. The second-order valence-corrected chi connectivity index (χ2v) is 5.31. The lowest BCUT2D eigenvalue weighted by Crippen LogP contribution is -2.30. The molecule has 2 fully saturated rings. The van der Waals surface area contributed by atoms with E-state index in [4.69, 9.17) is 15.9 Å². The lowest BCUT2D eigenvalue weighted by atomic mass is 9.93. The molecule has 0 radical (unpaired) electrons. The van der Waals surface area contributed by atoms with Gasteiger partial charge in [-0.3, -0.25) is 0 Å². The highest BCUT2D eigenvalue weighted by molar-refractivity contribution is 4.84. The van der Waals surface area contributed by atoms with Crippen LogP contribution in [0.25, 0.3) is 0 Å². The summed E-state index contributed by atoms with van der Waals surface area (Å²) in [5.74, 6) is 2.54. The van der Waals surface area contributed by atoms with Crippen LogP contribution in [-0.4, -0.2) is 24.9 Å². The molecule has 0 aliphatic heterocycles. The lowest BCUT2D eigenvalue weighted by molar-refractivity contribution is -0.0682. The van der Waals surface area contributed by atoms with Gasteiger partial charge in [-0.15, -0.1) is 6.42 Å². The number of hydrogen-bond donors (Lipinski definition) is 0. The van der Waals surface area contributed by atoms with Crippen molar-refractivity contribution in [3.05, 3.63) is 0 Å². The van der Waals surface area contributed by atoms with Crippen molar-refractivity contribution in [2.45, 2.75) is 76.1 Å². The van der Waals surface area contributed by atoms with Crippen LogP contribution < -0.4 is 0 Å². The van der Waals surface area contributed by atoms with Gasteiger partial charge in [0.05, 0.1) is 18.3 Å². The molecule has 2 saturated carbocycles. The fourth-order valence-electron chi connectivity index (χ4n) is 2.97. The molecule has 0 aromatic rings. The molecule has 0 spiro atoms. The first-order chi connectivity index (χ1) is 8.38. The van der Waals surface area contributed by atoms with Crippen LogP contribution in [0.5, 0.6) is 0 Å². The Morgan fingerprint density at radius 2 is 1.41 bits per heavy atom. The van der Waals surface area contributed by atoms with Gasteiger partial charge in [0, 0.05) is 0 Å². The van der Waals surface area contributed by atoms with Gasteiger partial charge in [-0.25, -0.2) is 0 Å². The average Bonchev–Trinajstić information content (AvgIpc) is 2.39. The molecule has 0 atom stereocenters. The van der Waals surface area contributed by atoms with Gasteiger partial charge in [-0.1, -0.05) is 25.2 Å². The Morgan fingerprint density at radius 3 is 2.06 bits per heavy atom. The number of terminal acetylenes is 1. The summed E-state index contributed by atoms with van der Waals surface area (Å²) in [7, 11) is 0. The predicted octanol–water partition coefficient (Wildman–Crippen LogP) is 3.30. The summed E-state index contributed by atoms with van der Waals surface area (Å²) in [5, 5.41) is 0. The third kappa shape index (κ3) is 4.33. The Balaban J connectivity index is 1.63. The van der Waals surface area contributed by atoms with E-state index in [9.17, 15) is 0 Å². The van der Waals surface area contributed by atoms with E-state index in [1.54, 1.807) is 0 Å². The van der Waals surface area contributed by atoms with Gasteiger partial charge < -0.3 is 9.47 Å². The minimum absolute atomic E-state index is 0.372. The molecule has 96 valence electrons. The highest BCUT2D eigenvalue weighted by Crippen LogP contribution is 2.28. The molecule has 2 heteroatoms. The van der Waals surface area contributed by atoms with Gasteiger partial charge in [0.2, 0.25) is 0 Å². The van der Waals surface area contributed by atoms with Crippen molar-refractivity contribution < 1.29 is 9.47 Å². The van der Waals surface area contributed by atoms with Crippen LogP contribution in [0, 0.1) is 12.3 Å². The molecule has 0 aromatic heterocycles. The maximum Gasteiger partial charge on any atom is 0.107 e. The number of ether oxygens (including phenoxy) is 2. The van der Waals surface area contributed by atoms with E-state index in [1.165, 1.54) is 32.1 Å². The third-order valence-electron chi connectivity index (χ3n) is 3.96. The zero-order chi connectivity index (χ0) is 11.9. The van der Waals surface area contributed by atoms with Crippen molar-refractivity contribution in [1.82, 2.24) is 0 Å². The maximum absolute atomic E-state index is 6.19. The van der Waals surface area contributed by atoms with Gasteiger partial charge in [0.1, 0.15) is 6.61 Å². The van der Waals surface area contributed by atoms with Gasteiger partial charge >= 0.3 is 0 Å². The number of hydrogen-bond acceptors (Lipinski definition) is 2. The third-order valence-corrected chi connectivity index (χ3v) is 3.96. The Kier molecular flexibility index (Phi) is 5.35. The minimum Gasteiger partial charge on any atom is -0.375 e. The van der Waals surface area contributed by atoms with Gasteiger partial charge in [0.25, 0.3) is 0 Å². The Bertz CT molecular complexity index is 242. The molecule has 2 aliphatic rings.